The summed E-state index contributed by atoms with van der Waals surface area (Å²) in [4.78, 5) is 0. The second kappa shape index (κ2) is 9.74. The van der Waals surface area contributed by atoms with E-state index < -0.39 is 0 Å². The molecule has 0 amide bonds. The van der Waals surface area contributed by atoms with Crippen LogP contribution in [0.1, 0.15) is 0 Å². The zero-order valence-corrected chi connectivity index (χ0v) is 4.44. The molecule has 24 valence electrons. The first-order chi connectivity index (χ1) is 1.41. The normalized spacial score (nSPS) is 2.50. The van der Waals surface area contributed by atoms with E-state index in [0.29, 0.717) is 0 Å². The summed E-state index contributed by atoms with van der Waals surface area (Å²) in [6, 6.07) is 0. The molecule has 0 rings (SSSR count). The molecule has 4 heavy (non-hydrogen) atoms. The first-order valence-corrected chi connectivity index (χ1v) is 3.46. The van der Waals surface area contributed by atoms with Crippen molar-refractivity contribution in [2.75, 3.05) is 0 Å². The fourth-order valence-electron chi connectivity index (χ4n) is 0. The van der Waals surface area contributed by atoms with E-state index in [0.717, 1.165) is 15.2 Å². The van der Waals surface area contributed by atoms with Crippen LogP contribution in [0.4, 0.5) is 0 Å². The number of hydrogen-bond acceptors (Lipinski definition) is 1. The van der Waals surface area contributed by atoms with Crippen molar-refractivity contribution in [3.63, 3.8) is 0 Å². The van der Waals surface area contributed by atoms with Gasteiger partial charge >= 0.3 is 26.8 Å². The van der Waals surface area contributed by atoms with Gasteiger partial charge in [0.15, 0.2) is 0 Å². The van der Waals surface area contributed by atoms with Crippen molar-refractivity contribution >= 4 is 15.2 Å². The zero-order chi connectivity index (χ0) is 2.71. The van der Waals surface area contributed by atoms with Gasteiger partial charge in [-0.15, -0.1) is 0 Å². The van der Waals surface area contributed by atoms with E-state index >= 15 is 0 Å². The SMILES string of the molecule is N.[CH3][Al+][CH3]. The van der Waals surface area contributed by atoms with Crippen LogP contribution in [0, 0.1) is 0 Å². The Bertz CT molecular complexity index is 6.00. The fraction of sp³-hybridized carbons (Fsp3) is 1.00. The quantitative estimate of drug-likeness (QED) is 0.426. The molecule has 0 saturated heterocycles. The summed E-state index contributed by atoms with van der Waals surface area (Å²) in [7, 11) is 0. The van der Waals surface area contributed by atoms with Crippen LogP contribution in [0.15, 0.2) is 0 Å². The molecule has 0 unspecified atom stereocenters. The van der Waals surface area contributed by atoms with Gasteiger partial charge < -0.3 is 6.15 Å². The van der Waals surface area contributed by atoms with Crippen molar-refractivity contribution in [1.29, 1.82) is 0 Å². The predicted octanol–water partition coefficient (Wildman–Crippen LogP) is 0.949. The molecule has 0 aliphatic heterocycles. The van der Waals surface area contributed by atoms with Crippen LogP contribution in [0.5, 0.6) is 0 Å². The Morgan fingerprint density at radius 1 is 1.25 bits per heavy atom. The van der Waals surface area contributed by atoms with Gasteiger partial charge in [-0.3, -0.25) is 0 Å². The molecule has 0 aliphatic carbocycles. The maximum absolute atomic E-state index is 2.21. The predicted molar refractivity (Wildman–Crippen MR) is 22.5 cm³/mol. The standard InChI is InChI=1S/2CH3.Al.H3N/h2*1H3;;1H3/q;;+1;. The van der Waals surface area contributed by atoms with E-state index in [1.807, 2.05) is 0 Å². The minimum atomic E-state index is 0. The Labute approximate surface area is 33.7 Å². The van der Waals surface area contributed by atoms with E-state index in [4.69, 9.17) is 0 Å². The van der Waals surface area contributed by atoms with E-state index in [2.05, 4.69) is 11.6 Å². The topological polar surface area (TPSA) is 35.0 Å². The Morgan fingerprint density at radius 2 is 1.25 bits per heavy atom. The Morgan fingerprint density at radius 3 is 1.25 bits per heavy atom. The monoisotopic (exact) mass is 74.1 g/mol. The third-order valence-corrected chi connectivity index (χ3v) is 0. The van der Waals surface area contributed by atoms with Gasteiger partial charge in [0.2, 0.25) is 0 Å². The molecular formula is C2H9AlN+. The first-order valence-electron chi connectivity index (χ1n) is 1.15. The average Bonchev–Trinajstić information content (AvgIpc) is 0.918. The summed E-state index contributed by atoms with van der Waals surface area (Å²) >= 11 is 0.750. The van der Waals surface area contributed by atoms with Crippen molar-refractivity contribution in [1.82, 2.24) is 6.15 Å². The van der Waals surface area contributed by atoms with Gasteiger partial charge in [-0.05, 0) is 0 Å². The van der Waals surface area contributed by atoms with Gasteiger partial charge in [0.25, 0.3) is 0 Å². The third kappa shape index (κ3) is 22.9. The summed E-state index contributed by atoms with van der Waals surface area (Å²) in [6.45, 7) is 0. The molecular weight excluding hydrogens is 65.0 g/mol. The molecule has 3 N–H and O–H groups in total. The summed E-state index contributed by atoms with van der Waals surface area (Å²) < 4.78 is 0. The molecule has 0 aliphatic rings. The number of hydrogen-bond donors (Lipinski definition) is 1. The minimum absolute atomic E-state index is 0. The summed E-state index contributed by atoms with van der Waals surface area (Å²) in [6.07, 6.45) is 0. The van der Waals surface area contributed by atoms with Crippen molar-refractivity contribution in [2.45, 2.75) is 11.6 Å². The van der Waals surface area contributed by atoms with Crippen molar-refractivity contribution in [3.8, 4) is 0 Å². The first kappa shape index (κ1) is 8.82. The summed E-state index contributed by atoms with van der Waals surface area (Å²) in [5.41, 5.74) is 0. The van der Waals surface area contributed by atoms with Gasteiger partial charge in [0.1, 0.15) is 0 Å². The van der Waals surface area contributed by atoms with Crippen LogP contribution in [-0.4, -0.2) is 15.2 Å². The van der Waals surface area contributed by atoms with Crippen molar-refractivity contribution in [3.05, 3.63) is 0 Å². The third-order valence-electron chi connectivity index (χ3n) is 0. The molecule has 0 radical (unpaired) electrons. The molecule has 0 fully saturated rings. The molecule has 0 aromatic heterocycles. The average molecular weight is 74.1 g/mol. The van der Waals surface area contributed by atoms with E-state index in [1.165, 1.54) is 0 Å². The molecule has 0 aromatic carbocycles. The molecule has 2 heteroatoms. The molecule has 0 aromatic rings. The Kier molecular flexibility index (Phi) is 21.5. The van der Waals surface area contributed by atoms with Crippen LogP contribution < -0.4 is 6.15 Å². The zero-order valence-electron chi connectivity index (χ0n) is 3.28. The summed E-state index contributed by atoms with van der Waals surface area (Å²) in [5.74, 6) is 4.42. The Balaban J connectivity index is 0. The van der Waals surface area contributed by atoms with Gasteiger partial charge in [-0.2, -0.15) is 0 Å². The molecule has 0 spiro atoms. The van der Waals surface area contributed by atoms with Gasteiger partial charge in [0, 0.05) is 0 Å². The van der Waals surface area contributed by atoms with Crippen LogP contribution in [-0.2, 0) is 0 Å². The van der Waals surface area contributed by atoms with Gasteiger partial charge in [-0.1, -0.05) is 0 Å². The Hall–Kier alpha value is 0.492. The van der Waals surface area contributed by atoms with Crippen LogP contribution in [0.2, 0.25) is 11.6 Å². The number of rotatable bonds is 0. The van der Waals surface area contributed by atoms with Gasteiger partial charge in [-0.25, -0.2) is 0 Å². The van der Waals surface area contributed by atoms with Gasteiger partial charge in [0.05, 0.1) is 0 Å². The van der Waals surface area contributed by atoms with Crippen LogP contribution in [0.3, 0.4) is 0 Å². The van der Waals surface area contributed by atoms with Crippen LogP contribution >= 0.6 is 0 Å². The van der Waals surface area contributed by atoms with E-state index in [1.54, 1.807) is 0 Å². The molecule has 0 atom stereocenters. The van der Waals surface area contributed by atoms with E-state index in [-0.39, 0.29) is 6.15 Å². The fourth-order valence-corrected chi connectivity index (χ4v) is 0. The van der Waals surface area contributed by atoms with Crippen molar-refractivity contribution in [2.24, 2.45) is 0 Å². The molecule has 0 bridgehead atoms. The second-order valence-electron chi connectivity index (χ2n) is 0.577. The second-order valence-corrected chi connectivity index (χ2v) is 1.73. The summed E-state index contributed by atoms with van der Waals surface area (Å²) in [5, 5.41) is 0. The molecule has 0 heterocycles. The molecule has 1 nitrogen and oxygen atoms in total. The molecule has 0 saturated carbocycles. The van der Waals surface area contributed by atoms with Crippen molar-refractivity contribution < 1.29 is 0 Å². The van der Waals surface area contributed by atoms with Crippen LogP contribution in [0.25, 0.3) is 0 Å². The van der Waals surface area contributed by atoms with E-state index in [9.17, 15) is 0 Å². The maximum atomic E-state index is 2.21.